The van der Waals surface area contributed by atoms with Gasteiger partial charge in [-0.1, -0.05) is 0 Å². The molecule has 0 saturated carbocycles. The summed E-state index contributed by atoms with van der Waals surface area (Å²) in [5, 5.41) is 0. The fourth-order valence-corrected chi connectivity index (χ4v) is 4.26. The highest BCUT2D eigenvalue weighted by molar-refractivity contribution is 7.89. The highest BCUT2D eigenvalue weighted by Crippen LogP contribution is 2.22. The van der Waals surface area contributed by atoms with Gasteiger partial charge in [0.05, 0.1) is 18.6 Å². The van der Waals surface area contributed by atoms with Gasteiger partial charge in [-0.25, -0.2) is 17.9 Å². The smallest absolute Gasteiger partial charge is 0.409 e. The molecule has 0 atom stereocenters. The molecule has 0 spiro atoms. The van der Waals surface area contributed by atoms with Gasteiger partial charge in [0.15, 0.2) is 0 Å². The monoisotopic (exact) mass is 356 g/mol. The molecule has 1 aromatic rings. The standard InChI is InChI=1S/C16H24N2O5S/c1-4-23-16(19)18-9-7-13(8-10-18)17-24(20,21)15-6-5-14(22-3)11-12(15)2/h5-6,11,13,17H,4,7-10H2,1-3H3. The molecule has 1 aromatic carbocycles. The Bertz CT molecular complexity index is 682. The van der Waals surface area contributed by atoms with Gasteiger partial charge in [0.25, 0.3) is 0 Å². The molecule has 1 fully saturated rings. The Kier molecular flexibility index (Phi) is 6.06. The molecule has 7 nitrogen and oxygen atoms in total. The number of carbonyl (C=O) groups excluding carboxylic acids is 1. The Morgan fingerprint density at radius 3 is 2.54 bits per heavy atom. The molecule has 8 heteroatoms. The number of aryl methyl sites for hydroxylation is 1. The lowest BCUT2D eigenvalue weighted by Crippen LogP contribution is -2.46. The first kappa shape index (κ1) is 18.5. The second-order valence-corrected chi connectivity index (χ2v) is 7.40. The summed E-state index contributed by atoms with van der Waals surface area (Å²) in [6, 6.07) is 4.68. The molecule has 24 heavy (non-hydrogen) atoms. The number of nitrogens with one attached hydrogen (secondary N) is 1. The van der Waals surface area contributed by atoms with E-state index in [4.69, 9.17) is 9.47 Å². The quantitative estimate of drug-likeness (QED) is 0.871. The van der Waals surface area contributed by atoms with Crippen LogP contribution in [0.3, 0.4) is 0 Å². The van der Waals surface area contributed by atoms with Crippen LogP contribution in [0.5, 0.6) is 5.75 Å². The van der Waals surface area contributed by atoms with Gasteiger partial charge in [-0.15, -0.1) is 0 Å². The molecule has 1 saturated heterocycles. The van der Waals surface area contributed by atoms with Crippen molar-refractivity contribution in [3.8, 4) is 5.75 Å². The molecule has 134 valence electrons. The van der Waals surface area contributed by atoms with Crippen LogP contribution in [0.1, 0.15) is 25.3 Å². The lowest BCUT2D eigenvalue weighted by atomic mass is 10.1. The van der Waals surface area contributed by atoms with Crippen molar-refractivity contribution in [3.63, 3.8) is 0 Å². The second kappa shape index (κ2) is 7.85. The van der Waals surface area contributed by atoms with Crippen molar-refractivity contribution in [3.05, 3.63) is 23.8 Å². The maximum absolute atomic E-state index is 12.6. The third-order valence-corrected chi connectivity index (χ3v) is 5.70. The van der Waals surface area contributed by atoms with Crippen LogP contribution in [0.4, 0.5) is 4.79 Å². The van der Waals surface area contributed by atoms with Crippen LogP contribution in [0, 0.1) is 6.92 Å². The molecule has 1 heterocycles. The second-order valence-electron chi connectivity index (χ2n) is 5.71. The van der Waals surface area contributed by atoms with Crippen molar-refractivity contribution in [2.24, 2.45) is 0 Å². The average molecular weight is 356 g/mol. The number of hydrogen-bond acceptors (Lipinski definition) is 5. The summed E-state index contributed by atoms with van der Waals surface area (Å²) >= 11 is 0. The van der Waals surface area contributed by atoms with E-state index in [9.17, 15) is 13.2 Å². The maximum Gasteiger partial charge on any atom is 0.409 e. The average Bonchev–Trinajstić information content (AvgIpc) is 2.55. The Morgan fingerprint density at radius 2 is 2.00 bits per heavy atom. The summed E-state index contributed by atoms with van der Waals surface area (Å²) in [5.41, 5.74) is 0.630. The van der Waals surface area contributed by atoms with Gasteiger partial charge in [0.1, 0.15) is 5.75 Å². The van der Waals surface area contributed by atoms with E-state index in [1.807, 2.05) is 0 Å². The van der Waals surface area contributed by atoms with Crippen LogP contribution in [0.25, 0.3) is 0 Å². The summed E-state index contributed by atoms with van der Waals surface area (Å²) < 4.78 is 38.0. The van der Waals surface area contributed by atoms with Crippen LogP contribution in [-0.2, 0) is 14.8 Å². The molecule has 1 aliphatic rings. The van der Waals surface area contributed by atoms with E-state index in [0.29, 0.717) is 43.9 Å². The van der Waals surface area contributed by atoms with Crippen molar-refractivity contribution in [2.75, 3.05) is 26.8 Å². The summed E-state index contributed by atoms with van der Waals surface area (Å²) in [4.78, 5) is 13.5. The number of sulfonamides is 1. The number of amides is 1. The van der Waals surface area contributed by atoms with E-state index in [-0.39, 0.29) is 17.0 Å². The number of ether oxygens (including phenoxy) is 2. The van der Waals surface area contributed by atoms with Gasteiger partial charge < -0.3 is 14.4 Å². The maximum atomic E-state index is 12.6. The number of rotatable bonds is 5. The number of hydrogen-bond donors (Lipinski definition) is 1. The van der Waals surface area contributed by atoms with Crippen LogP contribution in [-0.4, -0.2) is 52.3 Å². The van der Waals surface area contributed by atoms with E-state index in [1.165, 1.54) is 0 Å². The number of likely N-dealkylation sites (tertiary alicyclic amines) is 1. The van der Waals surface area contributed by atoms with E-state index < -0.39 is 10.0 Å². The normalized spacial score (nSPS) is 16.0. The van der Waals surface area contributed by atoms with Crippen molar-refractivity contribution in [1.29, 1.82) is 0 Å². The Morgan fingerprint density at radius 1 is 1.33 bits per heavy atom. The minimum atomic E-state index is -3.60. The molecule has 1 aliphatic heterocycles. The Labute approximate surface area is 143 Å². The van der Waals surface area contributed by atoms with E-state index in [2.05, 4.69) is 4.72 Å². The fourth-order valence-electron chi connectivity index (χ4n) is 2.73. The molecule has 0 bridgehead atoms. The predicted molar refractivity (Wildman–Crippen MR) is 89.7 cm³/mol. The van der Waals surface area contributed by atoms with Crippen molar-refractivity contribution in [1.82, 2.24) is 9.62 Å². The summed E-state index contributed by atoms with van der Waals surface area (Å²) in [7, 11) is -2.06. The van der Waals surface area contributed by atoms with Gasteiger partial charge >= 0.3 is 6.09 Å². The third kappa shape index (κ3) is 4.39. The van der Waals surface area contributed by atoms with Crippen molar-refractivity contribution in [2.45, 2.75) is 37.6 Å². The molecule has 2 rings (SSSR count). The largest absolute Gasteiger partial charge is 0.497 e. The number of nitrogens with zero attached hydrogens (tertiary/aromatic N) is 1. The minimum Gasteiger partial charge on any atom is -0.497 e. The van der Waals surface area contributed by atoms with Crippen molar-refractivity contribution >= 4 is 16.1 Å². The number of piperidine rings is 1. The van der Waals surface area contributed by atoms with Crippen LogP contribution >= 0.6 is 0 Å². The molecule has 0 radical (unpaired) electrons. The zero-order valence-electron chi connectivity index (χ0n) is 14.2. The topological polar surface area (TPSA) is 84.9 Å². The Balaban J connectivity index is 2.00. The number of methoxy groups -OCH3 is 1. The lowest BCUT2D eigenvalue weighted by molar-refractivity contribution is 0.0966. The van der Waals surface area contributed by atoms with Gasteiger partial charge in [0.2, 0.25) is 10.0 Å². The molecule has 1 N–H and O–H groups in total. The van der Waals surface area contributed by atoms with E-state index >= 15 is 0 Å². The minimum absolute atomic E-state index is 0.192. The Hall–Kier alpha value is -1.80. The zero-order chi connectivity index (χ0) is 17.7. The van der Waals surface area contributed by atoms with Gasteiger partial charge in [-0.2, -0.15) is 0 Å². The van der Waals surface area contributed by atoms with Gasteiger partial charge in [-0.05, 0) is 50.5 Å². The first-order valence-electron chi connectivity index (χ1n) is 7.96. The molecule has 0 aliphatic carbocycles. The SMILES string of the molecule is CCOC(=O)N1CCC(NS(=O)(=O)c2ccc(OC)cc2C)CC1. The number of carbonyl (C=O) groups is 1. The molecule has 1 amide bonds. The predicted octanol–water partition coefficient (Wildman–Crippen LogP) is 1.90. The van der Waals surface area contributed by atoms with Crippen molar-refractivity contribution < 1.29 is 22.7 Å². The van der Waals surface area contributed by atoms with Crippen LogP contribution in [0.15, 0.2) is 23.1 Å². The van der Waals surface area contributed by atoms with E-state index in [1.54, 1.807) is 44.1 Å². The van der Waals surface area contributed by atoms with Gasteiger partial charge in [0, 0.05) is 19.1 Å². The molecular formula is C16H24N2O5S. The molecule has 0 unspecified atom stereocenters. The summed E-state index contributed by atoms with van der Waals surface area (Å²) in [6.45, 7) is 4.79. The van der Waals surface area contributed by atoms with Crippen LogP contribution in [0.2, 0.25) is 0 Å². The molecule has 0 aromatic heterocycles. The first-order chi connectivity index (χ1) is 11.4. The fraction of sp³-hybridized carbons (Fsp3) is 0.562. The molecular weight excluding hydrogens is 332 g/mol. The third-order valence-electron chi connectivity index (χ3n) is 4.01. The zero-order valence-corrected chi connectivity index (χ0v) is 15.1. The summed E-state index contributed by atoms with van der Waals surface area (Å²) in [5.74, 6) is 0.620. The van der Waals surface area contributed by atoms with Crippen LogP contribution < -0.4 is 9.46 Å². The van der Waals surface area contributed by atoms with Gasteiger partial charge in [-0.3, -0.25) is 0 Å². The van der Waals surface area contributed by atoms with E-state index in [0.717, 1.165) is 0 Å². The first-order valence-corrected chi connectivity index (χ1v) is 9.44. The number of benzene rings is 1. The lowest BCUT2D eigenvalue weighted by Gasteiger charge is -2.31. The highest BCUT2D eigenvalue weighted by Gasteiger charge is 2.27. The summed E-state index contributed by atoms with van der Waals surface area (Å²) in [6.07, 6.45) is 0.783. The highest BCUT2D eigenvalue weighted by atomic mass is 32.2.